The van der Waals surface area contributed by atoms with E-state index in [1.165, 1.54) is 11.3 Å². The molecule has 0 fully saturated rings. The molecular weight excluding hydrogens is 420 g/mol. The smallest absolute Gasteiger partial charge is 0.329 e. The lowest BCUT2D eigenvalue weighted by Crippen LogP contribution is -2.44. The fourth-order valence-corrected chi connectivity index (χ4v) is 4.25. The van der Waals surface area contributed by atoms with Gasteiger partial charge in [-0.15, -0.1) is 0 Å². The number of benzene rings is 1. The van der Waals surface area contributed by atoms with Crippen molar-refractivity contribution in [2.75, 3.05) is 5.32 Å². The Kier molecular flexibility index (Phi) is 5.27. The predicted octanol–water partition coefficient (Wildman–Crippen LogP) is 2.65. The minimum Gasteiger partial charge on any atom is -0.333 e. The highest BCUT2D eigenvalue weighted by atomic mass is 32.1. The van der Waals surface area contributed by atoms with Crippen LogP contribution in [0.3, 0.4) is 0 Å². The van der Waals surface area contributed by atoms with E-state index >= 15 is 0 Å². The number of rotatable bonds is 5. The van der Waals surface area contributed by atoms with Gasteiger partial charge in [-0.2, -0.15) is 4.98 Å². The highest BCUT2D eigenvalue weighted by molar-refractivity contribution is 7.19. The molecule has 0 bridgehead atoms. The number of nitrogens with one attached hydrogen (secondary N) is 2. The maximum absolute atomic E-state index is 13.1. The summed E-state index contributed by atoms with van der Waals surface area (Å²) in [6.45, 7) is 7.01. The SMILES string of the molecule is Cc1noc(-c2sc(NC(=O)C(C(C)C)n3c(=O)[nH]c4ccccc4c3=O)nc2C)n1. The van der Waals surface area contributed by atoms with E-state index in [9.17, 15) is 14.4 Å². The van der Waals surface area contributed by atoms with Gasteiger partial charge in [-0.25, -0.2) is 14.3 Å². The van der Waals surface area contributed by atoms with Crippen LogP contribution in [0, 0.1) is 19.8 Å². The number of nitrogens with zero attached hydrogens (tertiary/aromatic N) is 4. The second-order valence-electron chi connectivity index (χ2n) is 7.41. The van der Waals surface area contributed by atoms with Crippen LogP contribution in [0.2, 0.25) is 0 Å². The number of amides is 1. The van der Waals surface area contributed by atoms with Crippen molar-refractivity contribution in [3.63, 3.8) is 0 Å². The molecule has 0 saturated carbocycles. The highest BCUT2D eigenvalue weighted by Gasteiger charge is 2.29. The maximum Gasteiger partial charge on any atom is 0.329 e. The molecule has 31 heavy (non-hydrogen) atoms. The molecule has 3 heterocycles. The zero-order valence-corrected chi connectivity index (χ0v) is 18.1. The standard InChI is InChI=1S/C20H20N6O4S/c1-9(2)14(26-18(28)12-7-5-6-8-13(12)23-20(26)29)16(27)24-19-21-10(3)15(31-19)17-22-11(4)25-30-17/h5-9,14H,1-4H3,(H,23,29)(H,21,24,27). The number of H-pyrrole nitrogens is 1. The first-order chi connectivity index (χ1) is 14.8. The van der Waals surface area contributed by atoms with E-state index in [2.05, 4.69) is 25.4 Å². The van der Waals surface area contributed by atoms with Crippen LogP contribution in [0.5, 0.6) is 0 Å². The quantitative estimate of drug-likeness (QED) is 0.487. The molecule has 1 amide bonds. The third kappa shape index (κ3) is 3.79. The molecular formula is C20H20N6O4S. The third-order valence-electron chi connectivity index (χ3n) is 4.76. The molecule has 4 aromatic rings. The van der Waals surface area contributed by atoms with Crippen molar-refractivity contribution in [3.8, 4) is 10.8 Å². The Balaban J connectivity index is 1.71. The normalized spacial score (nSPS) is 12.4. The Morgan fingerprint density at radius 2 is 1.94 bits per heavy atom. The summed E-state index contributed by atoms with van der Waals surface area (Å²) in [4.78, 5) is 50.7. The van der Waals surface area contributed by atoms with Crippen LogP contribution in [-0.4, -0.2) is 30.6 Å². The Labute approximate surface area is 180 Å². The van der Waals surface area contributed by atoms with Crippen molar-refractivity contribution in [3.05, 3.63) is 56.6 Å². The average Bonchev–Trinajstić information content (AvgIpc) is 3.29. The van der Waals surface area contributed by atoms with Gasteiger partial charge in [0.15, 0.2) is 11.0 Å². The first kappa shape index (κ1) is 20.7. The van der Waals surface area contributed by atoms with Crippen molar-refractivity contribution in [2.45, 2.75) is 33.7 Å². The van der Waals surface area contributed by atoms with Gasteiger partial charge in [0.25, 0.3) is 11.4 Å². The van der Waals surface area contributed by atoms with E-state index in [4.69, 9.17) is 4.52 Å². The number of aryl methyl sites for hydroxylation is 2. The second kappa shape index (κ2) is 7.91. The number of thiazole rings is 1. The van der Waals surface area contributed by atoms with E-state index in [0.29, 0.717) is 38.3 Å². The summed E-state index contributed by atoms with van der Waals surface area (Å²) in [5.74, 6) is -0.0438. The van der Waals surface area contributed by atoms with Gasteiger partial charge in [-0.3, -0.25) is 9.59 Å². The summed E-state index contributed by atoms with van der Waals surface area (Å²) >= 11 is 1.18. The molecule has 1 aromatic carbocycles. The van der Waals surface area contributed by atoms with Gasteiger partial charge in [0, 0.05) is 0 Å². The van der Waals surface area contributed by atoms with Crippen LogP contribution in [-0.2, 0) is 4.79 Å². The number of hydrogen-bond donors (Lipinski definition) is 2. The summed E-state index contributed by atoms with van der Waals surface area (Å²) in [6, 6.07) is 5.66. The Bertz CT molecular complexity index is 1400. The molecule has 3 aromatic heterocycles. The molecule has 0 saturated heterocycles. The van der Waals surface area contributed by atoms with Gasteiger partial charge >= 0.3 is 5.69 Å². The van der Waals surface area contributed by atoms with Crippen LogP contribution < -0.4 is 16.6 Å². The molecule has 10 nitrogen and oxygen atoms in total. The van der Waals surface area contributed by atoms with E-state index < -0.39 is 23.2 Å². The monoisotopic (exact) mass is 440 g/mol. The Morgan fingerprint density at radius 1 is 1.19 bits per heavy atom. The van der Waals surface area contributed by atoms with Crippen molar-refractivity contribution < 1.29 is 9.32 Å². The number of hydrogen-bond acceptors (Lipinski definition) is 8. The first-order valence-electron chi connectivity index (χ1n) is 9.58. The number of aromatic amines is 1. The van der Waals surface area contributed by atoms with Gasteiger partial charge in [-0.1, -0.05) is 42.5 Å². The molecule has 0 spiro atoms. The van der Waals surface area contributed by atoms with E-state index in [-0.39, 0.29) is 5.92 Å². The van der Waals surface area contributed by atoms with Crippen LogP contribution in [0.4, 0.5) is 5.13 Å². The highest BCUT2D eigenvalue weighted by Crippen LogP contribution is 2.32. The summed E-state index contributed by atoms with van der Waals surface area (Å²) in [7, 11) is 0. The topological polar surface area (TPSA) is 136 Å². The van der Waals surface area contributed by atoms with Gasteiger partial charge in [0.1, 0.15) is 10.9 Å². The molecule has 1 unspecified atom stereocenters. The van der Waals surface area contributed by atoms with Crippen LogP contribution in [0.1, 0.15) is 31.4 Å². The molecule has 0 aliphatic rings. The van der Waals surface area contributed by atoms with Gasteiger partial charge < -0.3 is 14.8 Å². The summed E-state index contributed by atoms with van der Waals surface area (Å²) in [5.41, 5.74) is -0.127. The summed E-state index contributed by atoms with van der Waals surface area (Å²) in [6.07, 6.45) is 0. The van der Waals surface area contributed by atoms with Crippen LogP contribution in [0.15, 0.2) is 38.4 Å². The van der Waals surface area contributed by atoms with Crippen molar-refractivity contribution >= 4 is 33.3 Å². The summed E-state index contributed by atoms with van der Waals surface area (Å²) < 4.78 is 6.15. The van der Waals surface area contributed by atoms with E-state index in [1.54, 1.807) is 52.0 Å². The van der Waals surface area contributed by atoms with Crippen LogP contribution in [0.25, 0.3) is 21.7 Å². The number of fused-ring (bicyclic) bond motifs is 1. The molecule has 4 rings (SSSR count). The number of carbonyl (C=O) groups is 1. The zero-order chi connectivity index (χ0) is 22.3. The number of carbonyl (C=O) groups excluding carboxylic acids is 1. The largest absolute Gasteiger partial charge is 0.333 e. The molecule has 0 aliphatic carbocycles. The van der Waals surface area contributed by atoms with E-state index in [0.717, 1.165) is 4.57 Å². The predicted molar refractivity (Wildman–Crippen MR) is 116 cm³/mol. The van der Waals surface area contributed by atoms with E-state index in [1.807, 2.05) is 0 Å². The molecule has 0 radical (unpaired) electrons. The fraction of sp³-hybridized carbons (Fsp3) is 0.300. The fourth-order valence-electron chi connectivity index (χ4n) is 3.36. The second-order valence-corrected chi connectivity index (χ2v) is 8.41. The van der Waals surface area contributed by atoms with Crippen molar-refractivity contribution in [2.24, 2.45) is 5.92 Å². The molecule has 0 aliphatic heterocycles. The Morgan fingerprint density at radius 3 is 2.61 bits per heavy atom. The Hall–Kier alpha value is -3.60. The van der Waals surface area contributed by atoms with Gasteiger partial charge in [0.05, 0.1) is 16.6 Å². The van der Waals surface area contributed by atoms with Crippen LogP contribution >= 0.6 is 11.3 Å². The minimum absolute atomic E-state index is 0.310. The minimum atomic E-state index is -1.03. The zero-order valence-electron chi connectivity index (χ0n) is 17.3. The molecule has 1 atom stereocenters. The number of aromatic nitrogens is 5. The lowest BCUT2D eigenvalue weighted by molar-refractivity contribution is -0.120. The number of para-hydroxylation sites is 1. The lowest BCUT2D eigenvalue weighted by atomic mass is 10.0. The lowest BCUT2D eigenvalue weighted by Gasteiger charge is -2.21. The maximum atomic E-state index is 13.1. The third-order valence-corrected chi connectivity index (χ3v) is 5.82. The summed E-state index contributed by atoms with van der Waals surface area (Å²) in [5, 5.41) is 7.14. The molecule has 11 heteroatoms. The first-order valence-corrected chi connectivity index (χ1v) is 10.4. The van der Waals surface area contributed by atoms with Crippen molar-refractivity contribution in [1.29, 1.82) is 0 Å². The average molecular weight is 440 g/mol. The van der Waals surface area contributed by atoms with Gasteiger partial charge in [0.2, 0.25) is 5.91 Å². The molecule has 2 N–H and O–H groups in total. The number of anilines is 1. The molecule has 160 valence electrons. The van der Waals surface area contributed by atoms with Crippen molar-refractivity contribution in [1.82, 2.24) is 24.7 Å². The van der Waals surface area contributed by atoms with Gasteiger partial charge in [-0.05, 0) is 31.9 Å².